The van der Waals surface area contributed by atoms with Crippen molar-refractivity contribution in [3.8, 4) is 11.1 Å². The smallest absolute Gasteiger partial charge is 0.368 e. The molecule has 1 aliphatic rings. The molecule has 0 saturated carbocycles. The van der Waals surface area contributed by atoms with Gasteiger partial charge in [0.15, 0.2) is 0 Å². The number of hydrogen-bond acceptors (Lipinski definition) is 6. The quantitative estimate of drug-likeness (QED) is 0.366. The molecular formula is C29H29F3N6O. The van der Waals surface area contributed by atoms with E-state index in [1.54, 1.807) is 18.3 Å². The fourth-order valence-electron chi connectivity index (χ4n) is 4.80. The van der Waals surface area contributed by atoms with Crippen LogP contribution in [0.5, 0.6) is 0 Å². The van der Waals surface area contributed by atoms with Crippen molar-refractivity contribution < 1.29 is 18.0 Å². The van der Waals surface area contributed by atoms with Gasteiger partial charge in [-0.25, -0.2) is 9.97 Å². The number of nitrogens with one attached hydrogen (secondary N) is 1. The van der Waals surface area contributed by atoms with Crippen LogP contribution in [0.2, 0.25) is 0 Å². The van der Waals surface area contributed by atoms with Gasteiger partial charge in [0, 0.05) is 55.6 Å². The van der Waals surface area contributed by atoms with Crippen molar-refractivity contribution in [2.45, 2.75) is 19.6 Å². The molecule has 7 nitrogen and oxygen atoms in total. The first kappa shape index (κ1) is 26.6. The highest BCUT2D eigenvalue weighted by molar-refractivity contribution is 6.09. The largest absolute Gasteiger partial charge is 0.416 e. The highest BCUT2D eigenvalue weighted by Gasteiger charge is 2.34. The number of piperazine rings is 1. The van der Waals surface area contributed by atoms with E-state index in [1.165, 1.54) is 12.1 Å². The lowest BCUT2D eigenvalue weighted by Gasteiger charge is -2.33. The molecule has 10 heteroatoms. The third-order valence-electron chi connectivity index (χ3n) is 7.00. The minimum atomic E-state index is -4.55. The summed E-state index contributed by atoms with van der Waals surface area (Å²) in [5.41, 5.74) is 8.52. The van der Waals surface area contributed by atoms with Gasteiger partial charge in [-0.3, -0.25) is 9.69 Å². The van der Waals surface area contributed by atoms with Gasteiger partial charge in [-0.2, -0.15) is 13.2 Å². The van der Waals surface area contributed by atoms with Crippen LogP contribution in [0.25, 0.3) is 22.0 Å². The molecule has 1 amide bonds. The van der Waals surface area contributed by atoms with Gasteiger partial charge in [-0.05, 0) is 54.9 Å². The normalized spacial score (nSPS) is 15.0. The van der Waals surface area contributed by atoms with E-state index in [4.69, 9.17) is 5.73 Å². The SMILES string of the molecule is Cc1ccc(C(=O)Nc2ccc(CN3CCN(C)CC3)c(C(F)(F)F)c2)c(-c2ccc3cnc(N)nc3c2)c1. The summed E-state index contributed by atoms with van der Waals surface area (Å²) in [5, 5.41) is 3.47. The van der Waals surface area contributed by atoms with Crippen LogP contribution in [0.15, 0.2) is 60.8 Å². The number of rotatable bonds is 5. The first-order chi connectivity index (χ1) is 18.6. The molecule has 202 valence electrons. The summed E-state index contributed by atoms with van der Waals surface area (Å²) in [6.45, 7) is 5.14. The summed E-state index contributed by atoms with van der Waals surface area (Å²) in [5.74, 6) is -0.370. The van der Waals surface area contributed by atoms with E-state index in [-0.39, 0.29) is 23.7 Å². The van der Waals surface area contributed by atoms with Crippen molar-refractivity contribution in [2.24, 2.45) is 0 Å². The number of amides is 1. The second kappa shape index (κ2) is 10.6. The highest BCUT2D eigenvalue weighted by Crippen LogP contribution is 2.35. The van der Waals surface area contributed by atoms with E-state index < -0.39 is 17.6 Å². The Balaban J connectivity index is 1.44. The fraction of sp³-hybridized carbons (Fsp3) is 0.276. The Hall–Kier alpha value is -4.02. The number of fused-ring (bicyclic) bond motifs is 1. The van der Waals surface area contributed by atoms with E-state index in [1.807, 2.05) is 43.1 Å². The maximum atomic E-state index is 14.0. The molecule has 0 spiro atoms. The third kappa shape index (κ3) is 6.02. The van der Waals surface area contributed by atoms with Crippen molar-refractivity contribution in [3.63, 3.8) is 0 Å². The number of halogens is 3. The topological polar surface area (TPSA) is 87.4 Å². The lowest BCUT2D eigenvalue weighted by Crippen LogP contribution is -2.44. The Kier molecular flexibility index (Phi) is 7.24. The number of carbonyl (C=O) groups is 1. The van der Waals surface area contributed by atoms with Crippen molar-refractivity contribution in [3.05, 3.63) is 83.0 Å². The van der Waals surface area contributed by atoms with E-state index >= 15 is 0 Å². The first-order valence-corrected chi connectivity index (χ1v) is 12.6. The summed E-state index contributed by atoms with van der Waals surface area (Å²) >= 11 is 0. The summed E-state index contributed by atoms with van der Waals surface area (Å²) < 4.78 is 42.1. The first-order valence-electron chi connectivity index (χ1n) is 12.6. The van der Waals surface area contributed by atoms with Crippen molar-refractivity contribution in [2.75, 3.05) is 44.3 Å². The molecule has 1 fully saturated rings. The molecule has 4 aromatic rings. The molecule has 5 rings (SSSR count). The van der Waals surface area contributed by atoms with Crippen LogP contribution in [0, 0.1) is 6.92 Å². The molecule has 1 aliphatic heterocycles. The standard InChI is InChI=1S/C29H29F3N6O/c1-18-3-8-23(24(13-18)19-4-5-20-16-34-28(33)36-26(20)14-19)27(39)35-22-7-6-21(25(15-22)29(30,31)32)17-38-11-9-37(2)10-12-38/h3-8,13-16H,9-12,17H2,1-2H3,(H,35,39)(H2,33,34,36). The van der Waals surface area contributed by atoms with Crippen LogP contribution in [-0.2, 0) is 12.7 Å². The van der Waals surface area contributed by atoms with E-state index in [0.29, 0.717) is 29.7 Å². The Morgan fingerprint density at radius 3 is 2.54 bits per heavy atom. The Morgan fingerprint density at radius 2 is 1.79 bits per heavy atom. The number of likely N-dealkylation sites (N-methyl/N-ethyl adjacent to an activating group) is 1. The fourth-order valence-corrected chi connectivity index (χ4v) is 4.80. The molecule has 3 aromatic carbocycles. The van der Waals surface area contributed by atoms with Crippen LogP contribution >= 0.6 is 0 Å². The molecule has 0 bridgehead atoms. The summed E-state index contributed by atoms with van der Waals surface area (Å²) in [6.07, 6.45) is -2.93. The predicted molar refractivity (Wildman–Crippen MR) is 146 cm³/mol. The number of benzene rings is 3. The number of aryl methyl sites for hydroxylation is 1. The van der Waals surface area contributed by atoms with Crippen molar-refractivity contribution >= 4 is 28.4 Å². The van der Waals surface area contributed by atoms with Gasteiger partial charge in [-0.15, -0.1) is 0 Å². The zero-order chi connectivity index (χ0) is 27.7. The van der Waals surface area contributed by atoms with E-state index in [9.17, 15) is 18.0 Å². The molecule has 1 saturated heterocycles. The lowest BCUT2D eigenvalue weighted by molar-refractivity contribution is -0.138. The highest BCUT2D eigenvalue weighted by atomic mass is 19.4. The average molecular weight is 535 g/mol. The van der Waals surface area contributed by atoms with Crippen LogP contribution in [0.1, 0.15) is 27.0 Å². The van der Waals surface area contributed by atoms with Gasteiger partial charge in [0.1, 0.15) is 0 Å². The maximum absolute atomic E-state index is 14.0. The zero-order valence-corrected chi connectivity index (χ0v) is 21.7. The summed E-state index contributed by atoms with van der Waals surface area (Å²) in [6, 6.07) is 14.8. The second-order valence-corrected chi connectivity index (χ2v) is 9.95. The Morgan fingerprint density at radius 1 is 1.03 bits per heavy atom. The summed E-state index contributed by atoms with van der Waals surface area (Å²) in [7, 11) is 2.00. The Labute approximate surface area is 224 Å². The average Bonchev–Trinajstić information content (AvgIpc) is 2.89. The van der Waals surface area contributed by atoms with Crippen LogP contribution in [0.4, 0.5) is 24.8 Å². The van der Waals surface area contributed by atoms with Gasteiger partial charge >= 0.3 is 6.18 Å². The number of nitrogen functional groups attached to an aromatic ring is 1. The molecule has 0 unspecified atom stereocenters. The van der Waals surface area contributed by atoms with Gasteiger partial charge < -0.3 is 16.0 Å². The molecule has 3 N–H and O–H groups in total. The second-order valence-electron chi connectivity index (χ2n) is 9.95. The predicted octanol–water partition coefficient (Wildman–Crippen LogP) is 5.21. The zero-order valence-electron chi connectivity index (χ0n) is 21.7. The number of carbonyl (C=O) groups excluding carboxylic acids is 1. The lowest BCUT2D eigenvalue weighted by atomic mass is 9.96. The molecule has 39 heavy (non-hydrogen) atoms. The van der Waals surface area contributed by atoms with Gasteiger partial charge in [-0.1, -0.05) is 35.9 Å². The van der Waals surface area contributed by atoms with E-state index in [2.05, 4.69) is 20.2 Å². The monoisotopic (exact) mass is 534 g/mol. The van der Waals surface area contributed by atoms with Crippen LogP contribution in [-0.4, -0.2) is 58.9 Å². The number of nitrogens with two attached hydrogens (primary N) is 1. The van der Waals surface area contributed by atoms with Crippen molar-refractivity contribution in [1.29, 1.82) is 0 Å². The Bertz CT molecular complexity index is 1530. The molecule has 1 aromatic heterocycles. The molecule has 2 heterocycles. The van der Waals surface area contributed by atoms with Crippen LogP contribution < -0.4 is 11.1 Å². The minimum Gasteiger partial charge on any atom is -0.368 e. The summed E-state index contributed by atoms with van der Waals surface area (Å²) in [4.78, 5) is 25.8. The molecular weight excluding hydrogens is 505 g/mol. The minimum absolute atomic E-state index is 0.0833. The molecule has 0 aliphatic carbocycles. The third-order valence-corrected chi connectivity index (χ3v) is 7.00. The van der Waals surface area contributed by atoms with Crippen molar-refractivity contribution in [1.82, 2.24) is 19.8 Å². The van der Waals surface area contributed by atoms with Crippen LogP contribution in [0.3, 0.4) is 0 Å². The number of hydrogen-bond donors (Lipinski definition) is 2. The van der Waals surface area contributed by atoms with Gasteiger partial charge in [0.05, 0.1) is 11.1 Å². The van der Waals surface area contributed by atoms with E-state index in [0.717, 1.165) is 35.7 Å². The number of nitrogens with zero attached hydrogens (tertiary/aromatic N) is 4. The number of aromatic nitrogens is 2. The van der Waals surface area contributed by atoms with Gasteiger partial charge in [0.2, 0.25) is 5.95 Å². The molecule has 0 atom stereocenters. The maximum Gasteiger partial charge on any atom is 0.416 e. The number of alkyl halides is 3. The number of anilines is 2. The van der Waals surface area contributed by atoms with Gasteiger partial charge in [0.25, 0.3) is 5.91 Å². The molecule has 0 radical (unpaired) electrons.